The fraction of sp³-hybridized carbons (Fsp3) is 0.625. The van der Waals surface area contributed by atoms with Gasteiger partial charge < -0.3 is 10.6 Å². The Kier molecular flexibility index (Phi) is 6.06. The zero-order chi connectivity index (χ0) is 15.1. The minimum atomic E-state index is -3.10. The fourth-order valence-electron chi connectivity index (χ4n) is 2.76. The van der Waals surface area contributed by atoms with Crippen LogP contribution in [-0.2, 0) is 9.84 Å². The molecule has 0 aliphatic carbocycles. The van der Waals surface area contributed by atoms with Crippen molar-refractivity contribution in [2.24, 2.45) is 5.92 Å². The molecule has 0 bridgehead atoms. The normalized spacial score (nSPS) is 19.4. The minimum absolute atomic E-state index is 0.217. The predicted molar refractivity (Wildman–Crippen MR) is 87.5 cm³/mol. The zero-order valence-corrected chi connectivity index (χ0v) is 13.6. The Balaban J connectivity index is 1.82. The van der Waals surface area contributed by atoms with Gasteiger partial charge >= 0.3 is 0 Å². The highest BCUT2D eigenvalue weighted by Gasteiger charge is 2.13. The first kappa shape index (κ1) is 16.3. The lowest BCUT2D eigenvalue weighted by molar-refractivity contribution is 0.364. The topological polar surface area (TPSA) is 58.2 Å². The van der Waals surface area contributed by atoms with Crippen LogP contribution in [0.5, 0.6) is 0 Å². The van der Waals surface area contributed by atoms with Crippen molar-refractivity contribution in [1.29, 1.82) is 0 Å². The Bertz CT molecular complexity index is 520. The van der Waals surface area contributed by atoms with E-state index in [-0.39, 0.29) is 5.75 Å². The average molecular weight is 310 g/mol. The average Bonchev–Trinajstić information content (AvgIpc) is 2.49. The van der Waals surface area contributed by atoms with E-state index in [1.54, 1.807) is 12.1 Å². The number of nitrogens with one attached hydrogen (secondary N) is 2. The van der Waals surface area contributed by atoms with Crippen molar-refractivity contribution < 1.29 is 8.42 Å². The third kappa shape index (κ3) is 5.00. The molecule has 1 aromatic carbocycles. The lowest BCUT2D eigenvalue weighted by Gasteiger charge is -2.22. The molecular formula is C16H26N2O2S. The first-order chi connectivity index (χ1) is 10.1. The van der Waals surface area contributed by atoms with Crippen LogP contribution in [0.25, 0.3) is 0 Å². The smallest absolute Gasteiger partial charge is 0.178 e. The van der Waals surface area contributed by atoms with Crippen molar-refractivity contribution in [3.63, 3.8) is 0 Å². The molecule has 4 nitrogen and oxygen atoms in total. The van der Waals surface area contributed by atoms with Crippen molar-refractivity contribution in [3.8, 4) is 0 Å². The van der Waals surface area contributed by atoms with Gasteiger partial charge in [0.15, 0.2) is 9.84 Å². The van der Waals surface area contributed by atoms with E-state index in [1.165, 1.54) is 12.8 Å². The number of anilines is 1. The molecule has 1 saturated heterocycles. The molecule has 5 heteroatoms. The summed E-state index contributed by atoms with van der Waals surface area (Å²) in [5.74, 6) is 0.976. The van der Waals surface area contributed by atoms with Crippen LogP contribution in [0.4, 0.5) is 5.69 Å². The molecule has 21 heavy (non-hydrogen) atoms. The summed E-state index contributed by atoms with van der Waals surface area (Å²) in [6, 6.07) is 7.13. The highest BCUT2D eigenvalue weighted by atomic mass is 32.2. The van der Waals surface area contributed by atoms with Gasteiger partial charge in [-0.3, -0.25) is 0 Å². The van der Waals surface area contributed by atoms with Gasteiger partial charge in [-0.2, -0.15) is 0 Å². The van der Waals surface area contributed by atoms with Crippen LogP contribution >= 0.6 is 0 Å². The molecule has 1 aliphatic rings. The first-order valence-corrected chi connectivity index (χ1v) is 9.54. The van der Waals surface area contributed by atoms with E-state index in [9.17, 15) is 8.42 Å². The molecule has 1 unspecified atom stereocenters. The Hall–Kier alpha value is -1.07. The van der Waals surface area contributed by atoms with Crippen LogP contribution in [0.2, 0.25) is 0 Å². The zero-order valence-electron chi connectivity index (χ0n) is 12.8. The van der Waals surface area contributed by atoms with E-state index in [4.69, 9.17) is 0 Å². The van der Waals surface area contributed by atoms with Crippen molar-refractivity contribution in [1.82, 2.24) is 5.32 Å². The maximum Gasteiger partial charge on any atom is 0.178 e. The number of hydrogen-bond acceptors (Lipinski definition) is 4. The molecule has 2 rings (SSSR count). The molecule has 0 saturated carbocycles. The second kappa shape index (κ2) is 7.80. The maximum atomic E-state index is 11.9. The van der Waals surface area contributed by atoms with Crippen molar-refractivity contribution >= 4 is 15.5 Å². The Morgan fingerprint density at radius 1 is 1.29 bits per heavy atom. The third-order valence-corrected chi connectivity index (χ3v) is 5.90. The Morgan fingerprint density at radius 3 is 2.67 bits per heavy atom. The van der Waals surface area contributed by atoms with Gasteiger partial charge in [-0.25, -0.2) is 8.42 Å². The highest BCUT2D eigenvalue weighted by Crippen LogP contribution is 2.17. The summed E-state index contributed by atoms with van der Waals surface area (Å²) in [7, 11) is -3.10. The molecular weight excluding hydrogens is 284 g/mol. The summed E-state index contributed by atoms with van der Waals surface area (Å²) in [4.78, 5) is 0.423. The van der Waals surface area contributed by atoms with Crippen LogP contribution in [0, 0.1) is 5.92 Å². The summed E-state index contributed by atoms with van der Waals surface area (Å²) >= 11 is 0. The number of rotatable bonds is 7. The Morgan fingerprint density at radius 2 is 2.05 bits per heavy atom. The van der Waals surface area contributed by atoms with Crippen molar-refractivity contribution in [3.05, 3.63) is 24.3 Å². The third-order valence-electron chi connectivity index (χ3n) is 3.97. The van der Waals surface area contributed by atoms with Gasteiger partial charge in [-0.15, -0.1) is 0 Å². The molecule has 0 spiro atoms. The van der Waals surface area contributed by atoms with Gasteiger partial charge in [0, 0.05) is 12.2 Å². The molecule has 1 atom stereocenters. The van der Waals surface area contributed by atoms with E-state index >= 15 is 0 Å². The quantitative estimate of drug-likeness (QED) is 0.813. The summed E-state index contributed by atoms with van der Waals surface area (Å²) in [5.41, 5.74) is 0.995. The second-order valence-electron chi connectivity index (χ2n) is 5.77. The van der Waals surface area contributed by atoms with Gasteiger partial charge in [0.1, 0.15) is 0 Å². The van der Waals surface area contributed by atoms with E-state index in [0.29, 0.717) is 11.3 Å². The first-order valence-electron chi connectivity index (χ1n) is 7.89. The second-order valence-corrected chi connectivity index (χ2v) is 7.88. The molecule has 0 amide bonds. The molecule has 1 aromatic rings. The molecule has 2 N–H and O–H groups in total. The lowest BCUT2D eigenvalue weighted by atomic mass is 9.96. The van der Waals surface area contributed by atoms with Crippen LogP contribution < -0.4 is 10.6 Å². The number of piperidine rings is 1. The highest BCUT2D eigenvalue weighted by molar-refractivity contribution is 7.91. The summed E-state index contributed by atoms with van der Waals surface area (Å²) < 4.78 is 23.9. The lowest BCUT2D eigenvalue weighted by Crippen LogP contribution is -2.30. The maximum absolute atomic E-state index is 11.9. The molecule has 0 aromatic heterocycles. The Labute approximate surface area is 128 Å². The van der Waals surface area contributed by atoms with Crippen LogP contribution in [0.15, 0.2) is 29.2 Å². The largest absolute Gasteiger partial charge is 0.385 e. The summed E-state index contributed by atoms with van der Waals surface area (Å²) in [6.45, 7) is 5.09. The van der Waals surface area contributed by atoms with Crippen LogP contribution in [0.3, 0.4) is 0 Å². The molecule has 0 radical (unpaired) electrons. The van der Waals surface area contributed by atoms with E-state index in [0.717, 1.165) is 37.7 Å². The molecule has 118 valence electrons. The minimum Gasteiger partial charge on any atom is -0.385 e. The van der Waals surface area contributed by atoms with Crippen LogP contribution in [-0.4, -0.2) is 33.8 Å². The van der Waals surface area contributed by atoms with Gasteiger partial charge in [-0.1, -0.05) is 6.92 Å². The number of sulfone groups is 1. The van der Waals surface area contributed by atoms with Crippen molar-refractivity contribution in [2.75, 3.05) is 30.7 Å². The standard InChI is InChI=1S/C16H26N2O2S/c1-2-12-21(19,20)16-7-5-15(6-8-16)18-11-9-14-4-3-10-17-13-14/h5-8,14,17-18H,2-4,9-13H2,1H3. The van der Waals surface area contributed by atoms with Crippen LogP contribution in [0.1, 0.15) is 32.6 Å². The molecule has 1 aliphatic heterocycles. The molecule has 1 heterocycles. The molecule has 1 fully saturated rings. The fourth-order valence-corrected chi connectivity index (χ4v) is 4.08. The van der Waals surface area contributed by atoms with Gasteiger partial charge in [0.2, 0.25) is 0 Å². The number of hydrogen-bond donors (Lipinski definition) is 2. The van der Waals surface area contributed by atoms with Gasteiger partial charge in [-0.05, 0) is 69.0 Å². The van der Waals surface area contributed by atoms with Crippen molar-refractivity contribution in [2.45, 2.75) is 37.5 Å². The monoisotopic (exact) mass is 310 g/mol. The van der Waals surface area contributed by atoms with E-state index in [1.807, 2.05) is 19.1 Å². The summed E-state index contributed by atoms with van der Waals surface area (Å²) in [6.07, 6.45) is 4.39. The van der Waals surface area contributed by atoms with Gasteiger partial charge in [0.25, 0.3) is 0 Å². The van der Waals surface area contributed by atoms with E-state index in [2.05, 4.69) is 10.6 Å². The number of benzene rings is 1. The SMILES string of the molecule is CCCS(=O)(=O)c1ccc(NCCC2CCCNC2)cc1. The summed E-state index contributed by atoms with van der Waals surface area (Å²) in [5, 5.41) is 6.81. The van der Waals surface area contributed by atoms with Gasteiger partial charge in [0.05, 0.1) is 10.6 Å². The van der Waals surface area contributed by atoms with E-state index < -0.39 is 9.84 Å². The predicted octanol–water partition coefficient (Wildman–Crippen LogP) is 2.67.